The van der Waals surface area contributed by atoms with E-state index in [0.29, 0.717) is 4.47 Å². The Labute approximate surface area is 123 Å². The average Bonchev–Trinajstić information content (AvgIpc) is 2.35. The van der Waals surface area contributed by atoms with Gasteiger partial charge < -0.3 is 0 Å². The third kappa shape index (κ3) is 3.26. The molecule has 3 nitrogen and oxygen atoms in total. The minimum atomic E-state index is -3.85. The van der Waals surface area contributed by atoms with Gasteiger partial charge in [0.1, 0.15) is 0 Å². The third-order valence-electron chi connectivity index (χ3n) is 2.30. The molecule has 0 spiro atoms. The molecule has 0 saturated heterocycles. The minimum absolute atomic E-state index is 0.0289. The summed E-state index contributed by atoms with van der Waals surface area (Å²) >= 11 is 8.78. The van der Waals surface area contributed by atoms with Crippen LogP contribution in [0.15, 0.2) is 51.8 Å². The van der Waals surface area contributed by atoms with E-state index in [0.717, 1.165) is 0 Å². The number of hydrogen-bond donors (Lipinski definition) is 1. The Bertz CT molecular complexity index is 721. The molecular formula is C12H8BrClFNO2S. The summed E-state index contributed by atoms with van der Waals surface area (Å²) < 4.78 is 40.6. The van der Waals surface area contributed by atoms with E-state index in [1.54, 1.807) is 12.1 Å². The summed E-state index contributed by atoms with van der Waals surface area (Å²) in [6, 6.07) is 10.2. The van der Waals surface area contributed by atoms with Crippen molar-refractivity contribution in [2.45, 2.75) is 4.90 Å². The van der Waals surface area contributed by atoms with Crippen LogP contribution in [0.1, 0.15) is 0 Å². The Kier molecular flexibility index (Phi) is 4.13. The van der Waals surface area contributed by atoms with Crippen LogP contribution in [0.2, 0.25) is 5.02 Å². The maximum atomic E-state index is 13.7. The summed E-state index contributed by atoms with van der Waals surface area (Å²) in [4.78, 5) is 0.0289. The Morgan fingerprint density at radius 2 is 1.84 bits per heavy atom. The van der Waals surface area contributed by atoms with Crippen LogP contribution >= 0.6 is 27.5 Å². The Balaban J connectivity index is 2.39. The molecule has 100 valence electrons. The molecule has 0 aliphatic carbocycles. The van der Waals surface area contributed by atoms with Crippen molar-refractivity contribution in [2.75, 3.05) is 4.72 Å². The number of nitrogens with one attached hydrogen (secondary N) is 1. The fourth-order valence-corrected chi connectivity index (χ4v) is 3.25. The topological polar surface area (TPSA) is 46.2 Å². The second kappa shape index (κ2) is 5.48. The van der Waals surface area contributed by atoms with Crippen LogP contribution < -0.4 is 4.72 Å². The largest absolute Gasteiger partial charge is 0.277 e. The second-order valence-electron chi connectivity index (χ2n) is 3.66. The Hall–Kier alpha value is -1.11. The Morgan fingerprint density at radius 3 is 2.53 bits per heavy atom. The van der Waals surface area contributed by atoms with E-state index in [4.69, 9.17) is 11.6 Å². The molecule has 2 aromatic rings. The van der Waals surface area contributed by atoms with Gasteiger partial charge in [-0.25, -0.2) is 12.8 Å². The maximum absolute atomic E-state index is 13.7. The molecule has 0 amide bonds. The summed E-state index contributed by atoms with van der Waals surface area (Å²) in [6.45, 7) is 0. The van der Waals surface area contributed by atoms with Crippen LogP contribution in [0.4, 0.5) is 10.1 Å². The number of rotatable bonds is 3. The highest BCUT2D eigenvalue weighted by atomic mass is 79.9. The number of benzene rings is 2. The summed E-state index contributed by atoms with van der Waals surface area (Å²) in [5.74, 6) is -0.803. The molecule has 0 atom stereocenters. The first-order valence-electron chi connectivity index (χ1n) is 5.12. The first-order chi connectivity index (χ1) is 8.90. The van der Waals surface area contributed by atoms with Gasteiger partial charge in [0.15, 0.2) is 5.82 Å². The molecular weight excluding hydrogens is 357 g/mol. The molecule has 0 aliphatic heterocycles. The van der Waals surface area contributed by atoms with Gasteiger partial charge in [0.2, 0.25) is 0 Å². The highest BCUT2D eigenvalue weighted by molar-refractivity contribution is 9.10. The van der Waals surface area contributed by atoms with E-state index in [1.165, 1.54) is 30.3 Å². The zero-order valence-electron chi connectivity index (χ0n) is 9.40. The number of halogens is 3. The van der Waals surface area contributed by atoms with Crippen LogP contribution in [0, 0.1) is 5.82 Å². The molecule has 0 aliphatic rings. The molecule has 0 bridgehead atoms. The highest BCUT2D eigenvalue weighted by Crippen LogP contribution is 2.25. The summed E-state index contributed by atoms with van der Waals surface area (Å²) in [5.41, 5.74) is -0.188. The predicted octanol–water partition coefficient (Wildman–Crippen LogP) is 4.04. The first kappa shape index (κ1) is 14.3. The maximum Gasteiger partial charge on any atom is 0.262 e. The predicted molar refractivity (Wildman–Crippen MR) is 76.4 cm³/mol. The van der Waals surface area contributed by atoms with E-state index in [1.807, 2.05) is 0 Å². The smallest absolute Gasteiger partial charge is 0.262 e. The zero-order chi connectivity index (χ0) is 14.0. The lowest BCUT2D eigenvalue weighted by Gasteiger charge is -2.09. The van der Waals surface area contributed by atoms with Crippen molar-refractivity contribution in [3.05, 3.63) is 57.8 Å². The molecule has 19 heavy (non-hydrogen) atoms. The van der Waals surface area contributed by atoms with Gasteiger partial charge in [-0.05, 0) is 30.3 Å². The molecule has 0 aromatic heterocycles. The fourth-order valence-electron chi connectivity index (χ4n) is 1.42. The van der Waals surface area contributed by atoms with Crippen molar-refractivity contribution < 1.29 is 12.8 Å². The lowest BCUT2D eigenvalue weighted by atomic mass is 10.3. The molecule has 0 radical (unpaired) electrons. The van der Waals surface area contributed by atoms with Crippen LogP contribution in [0.3, 0.4) is 0 Å². The zero-order valence-corrected chi connectivity index (χ0v) is 12.6. The normalized spacial score (nSPS) is 11.3. The number of anilines is 1. The van der Waals surface area contributed by atoms with E-state index in [9.17, 15) is 12.8 Å². The van der Waals surface area contributed by atoms with Crippen molar-refractivity contribution >= 4 is 43.2 Å². The molecule has 1 N–H and O–H groups in total. The number of sulfonamides is 1. The van der Waals surface area contributed by atoms with E-state index in [2.05, 4.69) is 20.7 Å². The molecule has 2 aromatic carbocycles. The van der Waals surface area contributed by atoms with Crippen molar-refractivity contribution in [1.82, 2.24) is 0 Å². The van der Waals surface area contributed by atoms with Crippen molar-refractivity contribution in [1.29, 1.82) is 0 Å². The van der Waals surface area contributed by atoms with Crippen molar-refractivity contribution in [3.63, 3.8) is 0 Å². The van der Waals surface area contributed by atoms with E-state index in [-0.39, 0.29) is 15.6 Å². The lowest BCUT2D eigenvalue weighted by Crippen LogP contribution is -2.14. The van der Waals surface area contributed by atoms with Crippen molar-refractivity contribution in [2.24, 2.45) is 0 Å². The minimum Gasteiger partial charge on any atom is -0.277 e. The lowest BCUT2D eigenvalue weighted by molar-refractivity contribution is 0.598. The fraction of sp³-hybridized carbons (Fsp3) is 0. The van der Waals surface area contributed by atoms with Crippen LogP contribution in [-0.2, 0) is 10.0 Å². The molecule has 0 fully saturated rings. The Morgan fingerprint density at radius 1 is 1.16 bits per heavy atom. The van der Waals surface area contributed by atoms with Crippen LogP contribution in [0.5, 0.6) is 0 Å². The van der Waals surface area contributed by atoms with Crippen molar-refractivity contribution in [3.8, 4) is 0 Å². The van der Waals surface area contributed by atoms with Crippen LogP contribution in [0.25, 0.3) is 0 Å². The summed E-state index contributed by atoms with van der Waals surface area (Å²) in [7, 11) is -3.85. The molecule has 7 heteroatoms. The summed E-state index contributed by atoms with van der Waals surface area (Å²) in [6.07, 6.45) is 0. The monoisotopic (exact) mass is 363 g/mol. The SMILES string of the molecule is O=S(=O)(Nc1cccc(Cl)c1F)c1cccc(Br)c1. The second-order valence-corrected chi connectivity index (χ2v) is 6.67. The van der Waals surface area contributed by atoms with Gasteiger partial charge in [0, 0.05) is 4.47 Å². The quantitative estimate of drug-likeness (QED) is 0.893. The van der Waals surface area contributed by atoms with E-state index >= 15 is 0 Å². The molecule has 0 heterocycles. The third-order valence-corrected chi connectivity index (χ3v) is 4.45. The first-order valence-corrected chi connectivity index (χ1v) is 7.78. The van der Waals surface area contributed by atoms with Gasteiger partial charge in [0.05, 0.1) is 15.6 Å². The van der Waals surface area contributed by atoms with Gasteiger partial charge in [-0.2, -0.15) is 0 Å². The van der Waals surface area contributed by atoms with Gasteiger partial charge >= 0.3 is 0 Å². The van der Waals surface area contributed by atoms with Gasteiger partial charge in [-0.3, -0.25) is 4.72 Å². The molecule has 0 unspecified atom stereocenters. The molecule has 0 saturated carbocycles. The molecule has 2 rings (SSSR count). The van der Waals surface area contributed by atoms with Crippen LogP contribution in [-0.4, -0.2) is 8.42 Å². The van der Waals surface area contributed by atoms with Gasteiger partial charge in [-0.15, -0.1) is 0 Å². The number of hydrogen-bond acceptors (Lipinski definition) is 2. The standard InChI is InChI=1S/C12H8BrClFNO2S/c13-8-3-1-4-9(7-8)19(17,18)16-11-6-2-5-10(14)12(11)15/h1-7,16H. The van der Waals surface area contributed by atoms with Gasteiger partial charge in [-0.1, -0.05) is 39.7 Å². The van der Waals surface area contributed by atoms with Gasteiger partial charge in [0.25, 0.3) is 10.0 Å². The van der Waals surface area contributed by atoms with E-state index < -0.39 is 15.8 Å². The highest BCUT2D eigenvalue weighted by Gasteiger charge is 2.17. The summed E-state index contributed by atoms with van der Waals surface area (Å²) in [5, 5.41) is -0.144. The average molecular weight is 365 g/mol.